The number of hydrogen-bond donors (Lipinski definition) is 2. The first-order chi connectivity index (χ1) is 16.9. The fourth-order valence-corrected chi connectivity index (χ4v) is 5.15. The Morgan fingerprint density at radius 3 is 2.31 bits per heavy atom. The maximum absolute atomic E-state index is 13.4. The van der Waals surface area contributed by atoms with E-state index in [2.05, 4.69) is 25.5 Å². The molecule has 1 amide bonds. The number of piperidine rings is 2. The summed E-state index contributed by atoms with van der Waals surface area (Å²) in [5, 5.41) is 6.14. The fraction of sp³-hybridized carbons (Fsp3) is 0.500. The van der Waals surface area contributed by atoms with E-state index in [1.807, 2.05) is 37.1 Å². The minimum absolute atomic E-state index is 0.199. The number of amides is 1. The van der Waals surface area contributed by atoms with E-state index in [0.717, 1.165) is 24.5 Å². The number of aryl methyl sites for hydroxylation is 1. The van der Waals surface area contributed by atoms with Crippen molar-refractivity contribution >= 4 is 29.0 Å². The van der Waals surface area contributed by atoms with Gasteiger partial charge in [0.15, 0.2) is 0 Å². The molecule has 1 saturated carbocycles. The molecule has 2 saturated heterocycles. The number of hydrogen-bond acceptors (Lipinski definition) is 6. The third-order valence-electron chi connectivity index (χ3n) is 7.65. The summed E-state index contributed by atoms with van der Waals surface area (Å²) in [6, 6.07) is 7.54. The number of carbonyl (C=O) groups excluding carboxylic acids is 1. The lowest BCUT2D eigenvalue weighted by Crippen LogP contribution is -2.35. The molecule has 2 aliphatic heterocycles. The standard InChI is InChI=1S/C26H32F2N6O/c1-17-15-22(32-25(30-17)34-11-5-18(6-12-34)23(27)28)31-24(35)20-4-3-19(29-2)16-21(20)33-13-9-26(7-8-26)10-14-33/h3-4,15-16,29H,5-14H2,1-2H3,(H,30,31,32,35). The highest BCUT2D eigenvalue weighted by Crippen LogP contribution is 2.54. The van der Waals surface area contributed by atoms with Crippen molar-refractivity contribution < 1.29 is 13.6 Å². The van der Waals surface area contributed by atoms with Gasteiger partial charge in [-0.2, -0.15) is 13.8 Å². The molecule has 0 atom stereocenters. The van der Waals surface area contributed by atoms with Crippen LogP contribution in [0.1, 0.15) is 54.6 Å². The summed E-state index contributed by atoms with van der Waals surface area (Å²) in [6.07, 6.45) is 4.01. The number of nitrogens with zero attached hydrogens (tertiary/aromatic N) is 4. The minimum atomic E-state index is -1.58. The molecule has 0 bridgehead atoms. The van der Waals surface area contributed by atoms with Crippen LogP contribution in [0.4, 0.5) is 31.9 Å². The lowest BCUT2D eigenvalue weighted by Gasteiger charge is -2.35. The van der Waals surface area contributed by atoms with E-state index < -0.39 is 6.08 Å². The van der Waals surface area contributed by atoms with Crippen LogP contribution in [0, 0.1) is 12.3 Å². The van der Waals surface area contributed by atoms with Gasteiger partial charge in [0.1, 0.15) is 5.82 Å². The molecule has 3 heterocycles. The molecule has 0 radical (unpaired) electrons. The molecule has 1 aromatic heterocycles. The van der Waals surface area contributed by atoms with Gasteiger partial charge in [0, 0.05) is 50.7 Å². The third kappa shape index (κ3) is 5.09. The summed E-state index contributed by atoms with van der Waals surface area (Å²) < 4.78 is 25.8. The summed E-state index contributed by atoms with van der Waals surface area (Å²) >= 11 is 0. The monoisotopic (exact) mass is 482 g/mol. The van der Waals surface area contributed by atoms with Crippen LogP contribution in [-0.2, 0) is 0 Å². The number of carbonyl (C=O) groups is 1. The summed E-state index contributed by atoms with van der Waals surface area (Å²) in [5.74, 6) is 0.645. The van der Waals surface area contributed by atoms with E-state index in [0.29, 0.717) is 54.4 Å². The molecule has 7 nitrogen and oxygen atoms in total. The van der Waals surface area contributed by atoms with Crippen LogP contribution in [0.5, 0.6) is 0 Å². The van der Waals surface area contributed by atoms with Gasteiger partial charge in [0.25, 0.3) is 12.0 Å². The molecule has 1 aromatic carbocycles. The lowest BCUT2D eigenvalue weighted by atomic mass is 9.93. The van der Waals surface area contributed by atoms with Gasteiger partial charge in [0.2, 0.25) is 5.95 Å². The van der Waals surface area contributed by atoms with Crippen LogP contribution in [-0.4, -0.2) is 49.1 Å². The Morgan fingerprint density at radius 1 is 0.971 bits per heavy atom. The highest BCUT2D eigenvalue weighted by molar-refractivity contribution is 6.08. The molecule has 3 fully saturated rings. The molecule has 35 heavy (non-hydrogen) atoms. The van der Waals surface area contributed by atoms with E-state index in [1.54, 1.807) is 6.07 Å². The van der Waals surface area contributed by atoms with Crippen LogP contribution < -0.4 is 20.4 Å². The fourth-order valence-electron chi connectivity index (χ4n) is 5.15. The van der Waals surface area contributed by atoms with Crippen molar-refractivity contribution in [2.45, 2.75) is 45.4 Å². The summed E-state index contributed by atoms with van der Waals surface area (Å²) in [5.41, 5.74) is 3.96. The van der Waals surface area contributed by atoms with Gasteiger partial charge in [-0.1, -0.05) is 0 Å². The number of halogens is 2. The molecular weight excluding hydrogens is 450 g/mol. The zero-order valence-electron chi connectivity index (χ0n) is 20.3. The van der Waals surface area contributed by atoms with Crippen LogP contribution in [0.15, 0.2) is 35.9 Å². The SMILES string of the molecule is CNc1ccc(C(=O)Nc2cc(C)nc(N3CCC(=C(F)F)CC3)n2)c(N2CCC3(CC2)CC3)c1. The van der Waals surface area contributed by atoms with Crippen molar-refractivity contribution in [3.8, 4) is 0 Å². The van der Waals surface area contributed by atoms with Crippen molar-refractivity contribution in [3.05, 3.63) is 47.2 Å². The Bertz CT molecular complexity index is 1140. The van der Waals surface area contributed by atoms with Crippen molar-refractivity contribution in [1.29, 1.82) is 0 Å². The normalized spacial score (nSPS) is 19.0. The van der Waals surface area contributed by atoms with Crippen LogP contribution in [0.3, 0.4) is 0 Å². The zero-order chi connectivity index (χ0) is 24.6. The van der Waals surface area contributed by atoms with Crippen LogP contribution in [0.2, 0.25) is 0 Å². The number of anilines is 4. The maximum Gasteiger partial charge on any atom is 0.269 e. The minimum Gasteiger partial charge on any atom is -0.388 e. The largest absolute Gasteiger partial charge is 0.388 e. The van der Waals surface area contributed by atoms with Crippen molar-refractivity contribution in [2.75, 3.05) is 53.7 Å². The lowest BCUT2D eigenvalue weighted by molar-refractivity contribution is 0.102. The quantitative estimate of drug-likeness (QED) is 0.610. The predicted octanol–water partition coefficient (Wildman–Crippen LogP) is 5.21. The Hall–Kier alpha value is -3.23. The highest BCUT2D eigenvalue weighted by atomic mass is 19.3. The molecule has 1 spiro atoms. The molecule has 186 valence electrons. The van der Waals surface area contributed by atoms with Gasteiger partial charge < -0.3 is 20.4 Å². The molecule has 5 rings (SSSR count). The number of benzene rings is 1. The molecule has 9 heteroatoms. The first kappa shape index (κ1) is 23.5. The molecular formula is C26H32F2N6O. The second-order valence-corrected chi connectivity index (χ2v) is 9.97. The van der Waals surface area contributed by atoms with Crippen molar-refractivity contribution in [1.82, 2.24) is 9.97 Å². The van der Waals surface area contributed by atoms with Crippen molar-refractivity contribution in [2.24, 2.45) is 5.41 Å². The van der Waals surface area contributed by atoms with E-state index in [4.69, 9.17) is 0 Å². The van der Waals surface area contributed by atoms with E-state index in [9.17, 15) is 13.6 Å². The first-order valence-electron chi connectivity index (χ1n) is 12.4. The summed E-state index contributed by atoms with van der Waals surface area (Å²) in [6.45, 7) is 4.60. The first-order valence-corrected chi connectivity index (χ1v) is 12.4. The molecule has 1 aliphatic carbocycles. The molecule has 0 unspecified atom stereocenters. The maximum atomic E-state index is 13.4. The highest BCUT2D eigenvalue weighted by Gasteiger charge is 2.44. The van der Waals surface area contributed by atoms with Gasteiger partial charge >= 0.3 is 0 Å². The Balaban J connectivity index is 1.35. The van der Waals surface area contributed by atoms with E-state index in [-0.39, 0.29) is 11.5 Å². The number of rotatable bonds is 5. The average molecular weight is 483 g/mol. The Morgan fingerprint density at radius 2 is 1.69 bits per heavy atom. The Labute approximate surface area is 204 Å². The number of nitrogens with one attached hydrogen (secondary N) is 2. The topological polar surface area (TPSA) is 73.4 Å². The second-order valence-electron chi connectivity index (χ2n) is 9.97. The molecule has 2 N–H and O–H groups in total. The average Bonchev–Trinajstić information content (AvgIpc) is 3.62. The van der Waals surface area contributed by atoms with Gasteiger partial charge in [-0.25, -0.2) is 4.98 Å². The van der Waals surface area contributed by atoms with E-state index >= 15 is 0 Å². The molecule has 2 aromatic rings. The second kappa shape index (κ2) is 9.43. The summed E-state index contributed by atoms with van der Waals surface area (Å²) in [4.78, 5) is 26.7. The van der Waals surface area contributed by atoms with Gasteiger partial charge in [-0.15, -0.1) is 0 Å². The smallest absolute Gasteiger partial charge is 0.269 e. The van der Waals surface area contributed by atoms with Gasteiger partial charge in [-0.05, 0) is 74.6 Å². The van der Waals surface area contributed by atoms with E-state index in [1.165, 1.54) is 25.7 Å². The van der Waals surface area contributed by atoms with Gasteiger partial charge in [0.05, 0.1) is 11.3 Å². The summed E-state index contributed by atoms with van der Waals surface area (Å²) in [7, 11) is 1.88. The Kier molecular flexibility index (Phi) is 6.34. The van der Waals surface area contributed by atoms with Gasteiger partial charge in [-0.3, -0.25) is 4.79 Å². The predicted molar refractivity (Wildman–Crippen MR) is 135 cm³/mol. The zero-order valence-corrected chi connectivity index (χ0v) is 20.3. The van der Waals surface area contributed by atoms with Crippen LogP contribution in [0.25, 0.3) is 0 Å². The van der Waals surface area contributed by atoms with Crippen molar-refractivity contribution in [3.63, 3.8) is 0 Å². The number of aromatic nitrogens is 2. The molecule has 3 aliphatic rings. The van der Waals surface area contributed by atoms with Crippen LogP contribution >= 0.6 is 0 Å². The third-order valence-corrected chi connectivity index (χ3v) is 7.65.